The van der Waals surface area contributed by atoms with Gasteiger partial charge in [-0.2, -0.15) is 0 Å². The number of ether oxygens (including phenoxy) is 1. The van der Waals surface area contributed by atoms with Crippen LogP contribution in [0, 0.1) is 13.8 Å². The zero-order valence-electron chi connectivity index (χ0n) is 10.7. The lowest BCUT2D eigenvalue weighted by atomic mass is 9.88. The number of benzene rings is 1. The van der Waals surface area contributed by atoms with Crippen molar-refractivity contribution in [3.05, 3.63) is 28.8 Å². The van der Waals surface area contributed by atoms with Crippen LogP contribution in [0.1, 0.15) is 36.6 Å². The van der Waals surface area contributed by atoms with Gasteiger partial charge < -0.3 is 15.6 Å². The smallest absolute Gasteiger partial charge is 0.125 e. The minimum atomic E-state index is -0.733. The highest BCUT2D eigenvalue weighted by molar-refractivity contribution is 5.45. The van der Waals surface area contributed by atoms with E-state index in [0.717, 1.165) is 16.7 Å². The summed E-state index contributed by atoms with van der Waals surface area (Å²) in [6.45, 7) is 7.56. The standard InChI is InChI=1S/C13H21NO2/c1-8-6-9(2)11(10(7-8)16-5)12(15)13(3,4)14/h6-7,12,15H,14H2,1-5H3. The molecule has 0 aliphatic heterocycles. The first kappa shape index (κ1) is 13.0. The summed E-state index contributed by atoms with van der Waals surface area (Å²) in [5, 5.41) is 10.2. The molecule has 1 aromatic carbocycles. The van der Waals surface area contributed by atoms with Crippen LogP contribution in [0.4, 0.5) is 0 Å². The SMILES string of the molecule is COc1cc(C)cc(C)c1C(O)C(C)(C)N. The molecule has 1 atom stereocenters. The maximum atomic E-state index is 10.2. The average molecular weight is 223 g/mol. The van der Waals surface area contributed by atoms with Crippen molar-refractivity contribution in [3.8, 4) is 5.75 Å². The summed E-state index contributed by atoms with van der Waals surface area (Å²) < 4.78 is 5.31. The topological polar surface area (TPSA) is 55.5 Å². The van der Waals surface area contributed by atoms with Crippen LogP contribution in [0.25, 0.3) is 0 Å². The summed E-state index contributed by atoms with van der Waals surface area (Å²) in [5.74, 6) is 0.698. The van der Waals surface area contributed by atoms with E-state index in [9.17, 15) is 5.11 Å². The maximum absolute atomic E-state index is 10.2. The molecule has 0 fully saturated rings. The minimum Gasteiger partial charge on any atom is -0.496 e. The Morgan fingerprint density at radius 2 is 1.88 bits per heavy atom. The van der Waals surface area contributed by atoms with Crippen LogP contribution in [-0.4, -0.2) is 17.8 Å². The van der Waals surface area contributed by atoms with E-state index in [2.05, 4.69) is 0 Å². The Kier molecular flexibility index (Phi) is 3.61. The van der Waals surface area contributed by atoms with E-state index < -0.39 is 11.6 Å². The van der Waals surface area contributed by atoms with E-state index in [1.165, 1.54) is 0 Å². The molecule has 0 heterocycles. The molecule has 1 rings (SSSR count). The maximum Gasteiger partial charge on any atom is 0.125 e. The largest absolute Gasteiger partial charge is 0.496 e. The van der Waals surface area contributed by atoms with Crippen LogP contribution in [-0.2, 0) is 0 Å². The summed E-state index contributed by atoms with van der Waals surface area (Å²) in [5.41, 5.74) is 8.14. The molecule has 3 heteroatoms. The van der Waals surface area contributed by atoms with Crippen molar-refractivity contribution < 1.29 is 9.84 Å². The van der Waals surface area contributed by atoms with Gasteiger partial charge in [-0.25, -0.2) is 0 Å². The molecule has 3 N–H and O–H groups in total. The normalized spacial score (nSPS) is 13.7. The molecule has 0 aromatic heterocycles. The Bertz CT molecular complexity index is 380. The fourth-order valence-corrected chi connectivity index (χ4v) is 1.83. The van der Waals surface area contributed by atoms with Crippen LogP contribution >= 0.6 is 0 Å². The average Bonchev–Trinajstić information content (AvgIpc) is 2.14. The molecule has 0 saturated heterocycles. The number of hydrogen-bond donors (Lipinski definition) is 2. The molecule has 0 aliphatic carbocycles. The summed E-state index contributed by atoms with van der Waals surface area (Å²) in [6.07, 6.45) is -0.733. The number of hydrogen-bond acceptors (Lipinski definition) is 3. The lowest BCUT2D eigenvalue weighted by Crippen LogP contribution is -2.39. The van der Waals surface area contributed by atoms with Gasteiger partial charge >= 0.3 is 0 Å². The summed E-state index contributed by atoms with van der Waals surface area (Å²) >= 11 is 0. The number of nitrogens with two attached hydrogens (primary N) is 1. The predicted molar refractivity (Wildman–Crippen MR) is 65.7 cm³/mol. The van der Waals surface area contributed by atoms with E-state index >= 15 is 0 Å². The van der Waals surface area contributed by atoms with E-state index in [1.807, 2.05) is 26.0 Å². The molecule has 0 bridgehead atoms. The molecule has 0 aliphatic rings. The molecule has 0 spiro atoms. The van der Waals surface area contributed by atoms with Gasteiger partial charge in [0.15, 0.2) is 0 Å². The Hall–Kier alpha value is -1.06. The van der Waals surface area contributed by atoms with Gasteiger partial charge in [0, 0.05) is 11.1 Å². The van der Waals surface area contributed by atoms with Gasteiger partial charge in [0.2, 0.25) is 0 Å². The molecule has 0 saturated carbocycles. The molecule has 0 radical (unpaired) electrons. The third-order valence-corrected chi connectivity index (χ3v) is 2.69. The van der Waals surface area contributed by atoms with Gasteiger partial charge in [0.1, 0.15) is 11.9 Å². The van der Waals surface area contributed by atoms with Gasteiger partial charge in [0.05, 0.1) is 7.11 Å². The molecule has 0 amide bonds. The Balaban J connectivity index is 3.32. The van der Waals surface area contributed by atoms with Crippen LogP contribution in [0.15, 0.2) is 12.1 Å². The Morgan fingerprint density at radius 1 is 1.31 bits per heavy atom. The van der Waals surface area contributed by atoms with Gasteiger partial charge in [-0.05, 0) is 44.9 Å². The van der Waals surface area contributed by atoms with Crippen molar-refractivity contribution in [2.45, 2.75) is 39.3 Å². The Morgan fingerprint density at radius 3 is 2.31 bits per heavy atom. The first-order chi connectivity index (χ1) is 7.27. The van der Waals surface area contributed by atoms with Crippen molar-refractivity contribution in [1.29, 1.82) is 0 Å². The number of aliphatic hydroxyl groups excluding tert-OH is 1. The van der Waals surface area contributed by atoms with E-state index in [1.54, 1.807) is 21.0 Å². The summed E-state index contributed by atoms with van der Waals surface area (Å²) in [7, 11) is 1.61. The number of aryl methyl sites for hydroxylation is 2. The second kappa shape index (κ2) is 4.44. The van der Waals surface area contributed by atoms with Crippen molar-refractivity contribution >= 4 is 0 Å². The third kappa shape index (κ3) is 2.54. The molecular formula is C13H21NO2. The van der Waals surface area contributed by atoms with Crippen LogP contribution < -0.4 is 10.5 Å². The Labute approximate surface area is 97.2 Å². The number of rotatable bonds is 3. The number of methoxy groups -OCH3 is 1. The van der Waals surface area contributed by atoms with Gasteiger partial charge in [0.25, 0.3) is 0 Å². The predicted octanol–water partition coefficient (Wildman–Crippen LogP) is 2.08. The number of aliphatic hydroxyl groups is 1. The van der Waals surface area contributed by atoms with E-state index in [0.29, 0.717) is 5.75 Å². The highest BCUT2D eigenvalue weighted by Gasteiger charge is 2.28. The first-order valence-electron chi connectivity index (χ1n) is 5.39. The zero-order chi connectivity index (χ0) is 12.5. The van der Waals surface area contributed by atoms with Crippen LogP contribution in [0.5, 0.6) is 5.75 Å². The molecule has 1 aromatic rings. The van der Waals surface area contributed by atoms with Crippen LogP contribution in [0.2, 0.25) is 0 Å². The molecule has 16 heavy (non-hydrogen) atoms. The van der Waals surface area contributed by atoms with Crippen molar-refractivity contribution in [2.24, 2.45) is 5.73 Å². The second-order valence-electron chi connectivity index (χ2n) is 4.92. The fourth-order valence-electron chi connectivity index (χ4n) is 1.83. The molecule has 1 unspecified atom stereocenters. The van der Waals surface area contributed by atoms with Crippen molar-refractivity contribution in [1.82, 2.24) is 0 Å². The quantitative estimate of drug-likeness (QED) is 0.825. The highest BCUT2D eigenvalue weighted by Crippen LogP contribution is 2.34. The minimum absolute atomic E-state index is 0.687. The summed E-state index contributed by atoms with van der Waals surface area (Å²) in [4.78, 5) is 0. The lowest BCUT2D eigenvalue weighted by molar-refractivity contribution is 0.101. The van der Waals surface area contributed by atoms with Crippen molar-refractivity contribution in [2.75, 3.05) is 7.11 Å². The molecule has 3 nitrogen and oxygen atoms in total. The second-order valence-corrected chi connectivity index (χ2v) is 4.92. The lowest BCUT2D eigenvalue weighted by Gasteiger charge is -2.28. The monoisotopic (exact) mass is 223 g/mol. The summed E-state index contributed by atoms with van der Waals surface area (Å²) in [6, 6.07) is 3.93. The van der Waals surface area contributed by atoms with Gasteiger partial charge in [-0.3, -0.25) is 0 Å². The van der Waals surface area contributed by atoms with Crippen LogP contribution in [0.3, 0.4) is 0 Å². The fraction of sp³-hybridized carbons (Fsp3) is 0.538. The molecular weight excluding hydrogens is 202 g/mol. The highest BCUT2D eigenvalue weighted by atomic mass is 16.5. The molecule has 90 valence electrons. The first-order valence-corrected chi connectivity index (χ1v) is 5.39. The van der Waals surface area contributed by atoms with E-state index in [-0.39, 0.29) is 0 Å². The van der Waals surface area contributed by atoms with E-state index in [4.69, 9.17) is 10.5 Å². The third-order valence-electron chi connectivity index (χ3n) is 2.69. The van der Waals surface area contributed by atoms with Gasteiger partial charge in [-0.1, -0.05) is 6.07 Å². The zero-order valence-corrected chi connectivity index (χ0v) is 10.7. The van der Waals surface area contributed by atoms with Gasteiger partial charge in [-0.15, -0.1) is 0 Å². The van der Waals surface area contributed by atoms with Crippen molar-refractivity contribution in [3.63, 3.8) is 0 Å².